The topological polar surface area (TPSA) is 55.2 Å². The van der Waals surface area contributed by atoms with Crippen molar-refractivity contribution < 1.29 is 4.92 Å². The van der Waals surface area contributed by atoms with Crippen LogP contribution in [0.1, 0.15) is 16.7 Å². The molecule has 1 N–H and O–H groups in total. The highest BCUT2D eigenvalue weighted by Gasteiger charge is 2.21. The predicted molar refractivity (Wildman–Crippen MR) is 82.6 cm³/mol. The molecular formula is C16H15ClN2O2. The molecule has 1 aliphatic rings. The molecule has 0 amide bonds. The first-order valence-electron chi connectivity index (χ1n) is 6.86. The predicted octanol–water partition coefficient (Wildman–Crippen LogP) is 3.51. The van der Waals surface area contributed by atoms with E-state index in [4.69, 9.17) is 11.6 Å². The molecule has 0 aliphatic heterocycles. The molecule has 0 heterocycles. The minimum atomic E-state index is -0.383. The van der Waals surface area contributed by atoms with Gasteiger partial charge in [0.1, 0.15) is 0 Å². The lowest BCUT2D eigenvalue weighted by Gasteiger charge is -2.12. The molecule has 4 nitrogen and oxygen atoms in total. The lowest BCUT2D eigenvalue weighted by Crippen LogP contribution is -2.29. The van der Waals surface area contributed by atoms with Crippen LogP contribution in [0.4, 0.5) is 5.69 Å². The van der Waals surface area contributed by atoms with Crippen molar-refractivity contribution in [3.63, 3.8) is 0 Å². The van der Waals surface area contributed by atoms with Crippen molar-refractivity contribution in [2.24, 2.45) is 0 Å². The van der Waals surface area contributed by atoms with Crippen LogP contribution in [0.2, 0.25) is 5.02 Å². The largest absolute Gasteiger partial charge is 0.309 e. The van der Waals surface area contributed by atoms with Crippen molar-refractivity contribution in [1.82, 2.24) is 5.32 Å². The number of nitro benzene ring substituents is 1. The third-order valence-corrected chi connectivity index (χ3v) is 4.11. The number of rotatable bonds is 4. The fraction of sp³-hybridized carbons (Fsp3) is 0.250. The quantitative estimate of drug-likeness (QED) is 0.694. The highest BCUT2D eigenvalue weighted by molar-refractivity contribution is 6.30. The molecule has 0 unspecified atom stereocenters. The Bertz CT molecular complexity index is 663. The number of halogens is 1. The van der Waals surface area contributed by atoms with Crippen LogP contribution in [0.25, 0.3) is 0 Å². The van der Waals surface area contributed by atoms with Crippen LogP contribution in [0.3, 0.4) is 0 Å². The van der Waals surface area contributed by atoms with Crippen LogP contribution >= 0.6 is 11.6 Å². The molecule has 0 saturated carbocycles. The second-order valence-corrected chi connectivity index (χ2v) is 5.72. The normalized spacial score (nSPS) is 14.1. The summed E-state index contributed by atoms with van der Waals surface area (Å²) in [4.78, 5) is 10.7. The van der Waals surface area contributed by atoms with Crippen molar-refractivity contribution in [2.75, 3.05) is 0 Å². The Morgan fingerprint density at radius 3 is 2.48 bits per heavy atom. The van der Waals surface area contributed by atoms with Gasteiger partial charge in [0, 0.05) is 29.2 Å². The van der Waals surface area contributed by atoms with Crippen LogP contribution in [-0.4, -0.2) is 11.0 Å². The molecule has 1 aliphatic carbocycles. The molecular weight excluding hydrogens is 288 g/mol. The maximum absolute atomic E-state index is 11.1. The summed E-state index contributed by atoms with van der Waals surface area (Å²) in [5.41, 5.74) is 3.46. The van der Waals surface area contributed by atoms with E-state index in [2.05, 4.69) is 17.4 Å². The molecule has 0 atom stereocenters. The Labute approximate surface area is 127 Å². The summed E-state index contributed by atoms with van der Waals surface area (Å²) < 4.78 is 0. The minimum Gasteiger partial charge on any atom is -0.309 e. The van der Waals surface area contributed by atoms with E-state index in [0.717, 1.165) is 12.8 Å². The van der Waals surface area contributed by atoms with Crippen molar-refractivity contribution in [3.05, 3.63) is 74.3 Å². The van der Waals surface area contributed by atoms with Gasteiger partial charge in [0.2, 0.25) is 0 Å². The Balaban J connectivity index is 1.68. The monoisotopic (exact) mass is 302 g/mol. The van der Waals surface area contributed by atoms with Gasteiger partial charge in [-0.1, -0.05) is 35.9 Å². The first kappa shape index (κ1) is 14.0. The van der Waals surface area contributed by atoms with Crippen molar-refractivity contribution in [2.45, 2.75) is 25.4 Å². The summed E-state index contributed by atoms with van der Waals surface area (Å²) in [5, 5.41) is 14.9. The SMILES string of the molecule is O=[N+]([O-])c1cc(Cl)ccc1CNC1Cc2ccccc2C1. The maximum atomic E-state index is 11.1. The number of nitrogens with one attached hydrogen (secondary N) is 1. The van der Waals surface area contributed by atoms with E-state index < -0.39 is 0 Å². The van der Waals surface area contributed by atoms with E-state index in [0.29, 0.717) is 23.2 Å². The van der Waals surface area contributed by atoms with Gasteiger partial charge >= 0.3 is 0 Å². The molecule has 0 spiro atoms. The molecule has 3 rings (SSSR count). The number of nitrogens with zero attached hydrogens (tertiary/aromatic N) is 1. The maximum Gasteiger partial charge on any atom is 0.275 e. The van der Waals surface area contributed by atoms with Crippen LogP contribution in [-0.2, 0) is 19.4 Å². The van der Waals surface area contributed by atoms with Gasteiger partial charge in [-0.3, -0.25) is 10.1 Å². The summed E-state index contributed by atoms with van der Waals surface area (Å²) in [6.45, 7) is 0.478. The van der Waals surface area contributed by atoms with Gasteiger partial charge in [-0.05, 0) is 36.1 Å². The molecule has 5 heteroatoms. The Morgan fingerprint density at radius 2 is 1.86 bits per heavy atom. The van der Waals surface area contributed by atoms with Gasteiger partial charge in [-0.15, -0.1) is 0 Å². The minimum absolute atomic E-state index is 0.0745. The van der Waals surface area contributed by atoms with Crippen LogP contribution in [0.5, 0.6) is 0 Å². The van der Waals surface area contributed by atoms with Crippen molar-refractivity contribution in [1.29, 1.82) is 0 Å². The number of hydrogen-bond donors (Lipinski definition) is 1. The van der Waals surface area contributed by atoms with Crippen molar-refractivity contribution in [3.8, 4) is 0 Å². The molecule has 0 aromatic heterocycles. The molecule has 108 valence electrons. The lowest BCUT2D eigenvalue weighted by molar-refractivity contribution is -0.385. The van der Waals surface area contributed by atoms with Gasteiger partial charge in [-0.2, -0.15) is 0 Å². The summed E-state index contributed by atoms with van der Waals surface area (Å²) in [6.07, 6.45) is 1.94. The standard InChI is InChI=1S/C16H15ClN2O2/c17-14-6-5-13(16(9-14)19(20)21)10-18-15-7-11-3-1-2-4-12(11)8-15/h1-6,9,15,18H,7-8,10H2. The molecule has 2 aromatic rings. The lowest BCUT2D eigenvalue weighted by atomic mass is 10.1. The van der Waals surface area contributed by atoms with E-state index >= 15 is 0 Å². The molecule has 0 fully saturated rings. The number of benzene rings is 2. The highest BCUT2D eigenvalue weighted by Crippen LogP contribution is 2.25. The highest BCUT2D eigenvalue weighted by atomic mass is 35.5. The molecule has 0 saturated heterocycles. The summed E-state index contributed by atoms with van der Waals surface area (Å²) in [5.74, 6) is 0. The second-order valence-electron chi connectivity index (χ2n) is 5.28. The second kappa shape index (κ2) is 5.84. The van der Waals surface area contributed by atoms with Crippen molar-refractivity contribution >= 4 is 17.3 Å². The first-order chi connectivity index (χ1) is 10.1. The molecule has 21 heavy (non-hydrogen) atoms. The van der Waals surface area contributed by atoms with Gasteiger partial charge in [-0.25, -0.2) is 0 Å². The zero-order chi connectivity index (χ0) is 14.8. The molecule has 0 bridgehead atoms. The number of nitro groups is 1. The third kappa shape index (κ3) is 3.06. The van der Waals surface area contributed by atoms with E-state index in [1.54, 1.807) is 12.1 Å². The molecule has 2 aromatic carbocycles. The zero-order valence-electron chi connectivity index (χ0n) is 11.4. The van der Waals surface area contributed by atoms with Gasteiger partial charge in [0.25, 0.3) is 5.69 Å². The Kier molecular flexibility index (Phi) is 3.90. The Morgan fingerprint density at radius 1 is 1.19 bits per heavy atom. The fourth-order valence-electron chi connectivity index (χ4n) is 2.81. The van der Waals surface area contributed by atoms with Gasteiger partial charge in [0.05, 0.1) is 4.92 Å². The summed E-state index contributed by atoms with van der Waals surface area (Å²) in [7, 11) is 0. The Hall–Kier alpha value is -1.91. The van der Waals surface area contributed by atoms with Gasteiger partial charge in [0.15, 0.2) is 0 Å². The van der Waals surface area contributed by atoms with E-state index in [1.165, 1.54) is 17.2 Å². The van der Waals surface area contributed by atoms with Crippen LogP contribution in [0, 0.1) is 10.1 Å². The average molecular weight is 303 g/mol. The van der Waals surface area contributed by atoms with E-state index in [9.17, 15) is 10.1 Å². The summed E-state index contributed by atoms with van der Waals surface area (Å²) in [6, 6.07) is 13.5. The molecule has 0 radical (unpaired) electrons. The summed E-state index contributed by atoms with van der Waals surface area (Å²) >= 11 is 5.82. The van der Waals surface area contributed by atoms with E-state index in [-0.39, 0.29) is 10.6 Å². The average Bonchev–Trinajstić information content (AvgIpc) is 2.88. The number of fused-ring (bicyclic) bond motifs is 1. The fourth-order valence-corrected chi connectivity index (χ4v) is 2.98. The van der Waals surface area contributed by atoms with Crippen LogP contribution < -0.4 is 5.32 Å². The zero-order valence-corrected chi connectivity index (χ0v) is 12.1. The van der Waals surface area contributed by atoms with E-state index in [1.807, 2.05) is 12.1 Å². The smallest absolute Gasteiger partial charge is 0.275 e. The first-order valence-corrected chi connectivity index (χ1v) is 7.24. The number of hydrogen-bond acceptors (Lipinski definition) is 3. The van der Waals surface area contributed by atoms with Gasteiger partial charge < -0.3 is 5.32 Å². The third-order valence-electron chi connectivity index (χ3n) is 3.88. The van der Waals surface area contributed by atoms with Crippen LogP contribution in [0.15, 0.2) is 42.5 Å².